The molecule has 0 unspecified atom stereocenters. The fourth-order valence-electron chi connectivity index (χ4n) is 1.47. The number of hydrogen-bond donors (Lipinski definition) is 1. The smallest absolute Gasteiger partial charge is 0.316 e. The second kappa shape index (κ2) is 4.36. The lowest BCUT2D eigenvalue weighted by Crippen LogP contribution is -2.02. The molecule has 2 aromatic rings. The Hall–Kier alpha value is -2.57. The molecular weight excluding hydrogens is 236 g/mol. The summed E-state index contributed by atoms with van der Waals surface area (Å²) < 4.78 is 1.20. The van der Waals surface area contributed by atoms with Crippen LogP contribution in [-0.4, -0.2) is 25.8 Å². The zero-order valence-corrected chi connectivity index (χ0v) is 9.78. The molecule has 0 atom stereocenters. The van der Waals surface area contributed by atoms with Crippen LogP contribution in [0.5, 0.6) is 5.88 Å². The molecule has 0 aromatic carbocycles. The molecule has 2 heterocycles. The van der Waals surface area contributed by atoms with Crippen LogP contribution in [0.2, 0.25) is 0 Å². The lowest BCUT2D eigenvalue weighted by molar-refractivity contribution is 0.100. The summed E-state index contributed by atoms with van der Waals surface area (Å²) in [4.78, 5) is 25.3. The molecule has 0 aliphatic rings. The summed E-state index contributed by atoms with van der Waals surface area (Å²) in [6.45, 7) is 3.46. The molecule has 0 aliphatic carbocycles. The number of pyridine rings is 1. The van der Waals surface area contributed by atoms with E-state index in [1.54, 1.807) is 13.8 Å². The summed E-state index contributed by atoms with van der Waals surface area (Å²) in [6.07, 6.45) is 1.35. The van der Waals surface area contributed by atoms with Gasteiger partial charge in [-0.1, -0.05) is 0 Å². The van der Waals surface area contributed by atoms with Crippen LogP contribution in [0.25, 0.3) is 5.82 Å². The van der Waals surface area contributed by atoms with Crippen LogP contribution in [0.4, 0.5) is 0 Å². The van der Waals surface area contributed by atoms with Gasteiger partial charge in [0.05, 0.1) is 11.3 Å². The van der Waals surface area contributed by atoms with Gasteiger partial charge in [-0.25, -0.2) is 4.98 Å². The third-order valence-electron chi connectivity index (χ3n) is 2.62. The van der Waals surface area contributed by atoms with Crippen molar-refractivity contribution >= 4 is 5.91 Å². The number of aryl methyl sites for hydroxylation is 1. The van der Waals surface area contributed by atoms with E-state index in [2.05, 4.69) is 15.3 Å². The molecule has 92 valence electrons. The van der Waals surface area contributed by atoms with E-state index in [1.165, 1.54) is 23.0 Å². The lowest BCUT2D eigenvalue weighted by Gasteiger charge is -2.02. The summed E-state index contributed by atoms with van der Waals surface area (Å²) in [5, 5.41) is 16.3. The van der Waals surface area contributed by atoms with Crippen LogP contribution in [-0.2, 0) is 0 Å². The first kappa shape index (κ1) is 11.9. The Bertz CT molecular complexity index is 633. The number of nitrogens with zero attached hydrogens (tertiary/aromatic N) is 4. The molecule has 2 aromatic heterocycles. The van der Waals surface area contributed by atoms with Gasteiger partial charge in [0.15, 0.2) is 5.82 Å². The van der Waals surface area contributed by atoms with Crippen molar-refractivity contribution in [3.63, 3.8) is 0 Å². The summed E-state index contributed by atoms with van der Waals surface area (Å²) in [7, 11) is 0. The van der Waals surface area contributed by atoms with E-state index in [-0.39, 0.29) is 17.3 Å². The highest BCUT2D eigenvalue weighted by Gasteiger charge is 2.14. The maximum Gasteiger partial charge on any atom is 0.316 e. The molecule has 2 rings (SSSR count). The molecule has 0 saturated heterocycles. The van der Waals surface area contributed by atoms with Crippen molar-refractivity contribution in [2.45, 2.75) is 13.8 Å². The van der Waals surface area contributed by atoms with Crippen LogP contribution in [0.3, 0.4) is 0 Å². The largest absolute Gasteiger partial charge is 0.493 e. The minimum atomic E-state index is -0.890. The number of aromatic hydroxyl groups is 1. The van der Waals surface area contributed by atoms with Gasteiger partial charge in [0, 0.05) is 16.9 Å². The molecule has 1 N–H and O–H groups in total. The van der Waals surface area contributed by atoms with Gasteiger partial charge >= 0.3 is 5.91 Å². The highest BCUT2D eigenvalue weighted by Crippen LogP contribution is 2.22. The summed E-state index contributed by atoms with van der Waals surface area (Å²) in [6, 6.07) is 2.71. The SMILES string of the molecule is Cc1nn(-c2cc(C(=O)N=O)ccn2)c(O)c1C. The Morgan fingerprint density at radius 2 is 2.17 bits per heavy atom. The molecule has 0 aliphatic heterocycles. The lowest BCUT2D eigenvalue weighted by atomic mass is 10.2. The number of nitroso groups, excluding NO2 is 1. The van der Waals surface area contributed by atoms with E-state index in [9.17, 15) is 14.8 Å². The van der Waals surface area contributed by atoms with Gasteiger partial charge in [-0.2, -0.15) is 9.78 Å². The number of carbonyl (C=O) groups excluding carboxylic acids is 1. The van der Waals surface area contributed by atoms with Crippen LogP contribution in [0, 0.1) is 18.8 Å². The third-order valence-corrected chi connectivity index (χ3v) is 2.62. The number of amides is 1. The topological polar surface area (TPSA) is 97.4 Å². The van der Waals surface area contributed by atoms with Gasteiger partial charge in [0.1, 0.15) is 0 Å². The number of hydrogen-bond acceptors (Lipinski definition) is 5. The van der Waals surface area contributed by atoms with Crippen molar-refractivity contribution in [2.24, 2.45) is 5.18 Å². The Balaban J connectivity index is 2.54. The predicted octanol–water partition coefficient (Wildman–Crippen LogP) is 1.50. The van der Waals surface area contributed by atoms with E-state index >= 15 is 0 Å². The van der Waals surface area contributed by atoms with Crippen molar-refractivity contribution in [1.82, 2.24) is 14.8 Å². The zero-order valence-electron chi connectivity index (χ0n) is 9.78. The van der Waals surface area contributed by atoms with E-state index in [1.807, 2.05) is 0 Å². The van der Waals surface area contributed by atoms with Gasteiger partial charge in [0.25, 0.3) is 0 Å². The van der Waals surface area contributed by atoms with Crippen molar-refractivity contribution in [2.75, 3.05) is 0 Å². The Labute approximate surface area is 102 Å². The van der Waals surface area contributed by atoms with E-state index < -0.39 is 5.91 Å². The van der Waals surface area contributed by atoms with Gasteiger partial charge in [-0.15, -0.1) is 4.91 Å². The maximum atomic E-state index is 11.2. The minimum absolute atomic E-state index is 0.0522. The number of carbonyl (C=O) groups is 1. The maximum absolute atomic E-state index is 11.2. The second-order valence-electron chi connectivity index (χ2n) is 3.74. The summed E-state index contributed by atoms with van der Waals surface area (Å²) in [5.41, 5.74) is 1.38. The number of rotatable bonds is 2. The van der Waals surface area contributed by atoms with Gasteiger partial charge in [-0.05, 0) is 26.0 Å². The molecule has 0 fully saturated rings. The molecule has 0 bridgehead atoms. The Morgan fingerprint density at radius 1 is 1.44 bits per heavy atom. The molecule has 0 radical (unpaired) electrons. The first-order valence-corrected chi connectivity index (χ1v) is 5.14. The Kier molecular flexibility index (Phi) is 2.88. The van der Waals surface area contributed by atoms with Crippen molar-refractivity contribution in [1.29, 1.82) is 0 Å². The van der Waals surface area contributed by atoms with Crippen LogP contribution in [0.1, 0.15) is 21.6 Å². The van der Waals surface area contributed by atoms with Gasteiger partial charge in [-0.3, -0.25) is 4.79 Å². The van der Waals surface area contributed by atoms with Gasteiger partial charge in [0.2, 0.25) is 5.88 Å². The molecule has 0 spiro atoms. The fourth-order valence-corrected chi connectivity index (χ4v) is 1.47. The molecular formula is C11H10N4O3. The molecule has 18 heavy (non-hydrogen) atoms. The van der Waals surface area contributed by atoms with Gasteiger partial charge < -0.3 is 5.11 Å². The summed E-state index contributed by atoms with van der Waals surface area (Å²) >= 11 is 0. The number of aromatic nitrogens is 3. The molecule has 0 saturated carbocycles. The second-order valence-corrected chi connectivity index (χ2v) is 3.74. The first-order chi connectivity index (χ1) is 8.54. The van der Waals surface area contributed by atoms with Crippen LogP contribution in [0.15, 0.2) is 23.5 Å². The normalized spacial score (nSPS) is 10.3. The quantitative estimate of drug-likeness (QED) is 0.809. The first-order valence-electron chi connectivity index (χ1n) is 5.14. The molecule has 7 heteroatoms. The van der Waals surface area contributed by atoms with Crippen molar-refractivity contribution in [3.05, 3.63) is 40.1 Å². The highest BCUT2D eigenvalue weighted by atomic mass is 16.3. The van der Waals surface area contributed by atoms with Crippen molar-refractivity contribution in [3.8, 4) is 11.7 Å². The van der Waals surface area contributed by atoms with E-state index in [4.69, 9.17) is 0 Å². The minimum Gasteiger partial charge on any atom is -0.493 e. The standard InChI is InChI=1S/C11H10N4O3/c1-6-7(2)13-15(11(6)17)9-5-8(3-4-12-9)10(16)14-18/h3-5,17H,1-2H3. The average Bonchev–Trinajstić information content (AvgIpc) is 2.66. The Morgan fingerprint density at radius 3 is 2.72 bits per heavy atom. The third kappa shape index (κ3) is 1.86. The monoisotopic (exact) mass is 246 g/mol. The fraction of sp³-hybridized carbons (Fsp3) is 0.182. The molecule has 1 amide bonds. The van der Waals surface area contributed by atoms with E-state index in [0.29, 0.717) is 11.3 Å². The highest BCUT2D eigenvalue weighted by molar-refractivity contribution is 5.95. The average molecular weight is 246 g/mol. The van der Waals surface area contributed by atoms with Crippen molar-refractivity contribution < 1.29 is 9.90 Å². The zero-order chi connectivity index (χ0) is 13.3. The van der Waals surface area contributed by atoms with Crippen LogP contribution < -0.4 is 0 Å². The predicted molar refractivity (Wildman–Crippen MR) is 62.6 cm³/mol. The molecule has 7 nitrogen and oxygen atoms in total. The van der Waals surface area contributed by atoms with E-state index in [0.717, 1.165) is 0 Å². The summed E-state index contributed by atoms with van der Waals surface area (Å²) in [5.74, 6) is -0.694. The van der Waals surface area contributed by atoms with Crippen LogP contribution >= 0.6 is 0 Å².